The molecule has 0 radical (unpaired) electrons. The van der Waals surface area contributed by atoms with Gasteiger partial charge >= 0.3 is 0 Å². The predicted octanol–water partition coefficient (Wildman–Crippen LogP) is 3.91. The summed E-state index contributed by atoms with van der Waals surface area (Å²) in [6.45, 7) is 4.50. The summed E-state index contributed by atoms with van der Waals surface area (Å²) < 4.78 is 11.6. The van der Waals surface area contributed by atoms with E-state index < -0.39 is 0 Å². The van der Waals surface area contributed by atoms with Crippen LogP contribution in [0.5, 0.6) is 0 Å². The largest absolute Gasteiger partial charge is 0.453 e. The van der Waals surface area contributed by atoms with Gasteiger partial charge in [0.05, 0.1) is 0 Å². The van der Waals surface area contributed by atoms with E-state index in [1.807, 2.05) is 30.3 Å². The highest BCUT2D eigenvalue weighted by Crippen LogP contribution is 2.33. The van der Waals surface area contributed by atoms with Crippen molar-refractivity contribution in [2.45, 2.75) is 31.8 Å². The average Bonchev–Trinajstić information content (AvgIpc) is 3.31. The number of carbonyl (C=O) groups excluding carboxylic acids is 1. The summed E-state index contributed by atoms with van der Waals surface area (Å²) in [5.41, 5.74) is 0.811. The second-order valence-electron chi connectivity index (χ2n) is 7.43. The molecule has 134 valence electrons. The van der Waals surface area contributed by atoms with Crippen LogP contribution in [0, 0.1) is 5.92 Å². The van der Waals surface area contributed by atoms with Crippen LogP contribution in [0.2, 0.25) is 0 Å². The number of hydrogen-bond acceptors (Lipinski definition) is 4. The van der Waals surface area contributed by atoms with Crippen molar-refractivity contribution in [3.63, 3.8) is 0 Å². The Kier molecular flexibility index (Phi) is 3.64. The Morgan fingerprint density at radius 2 is 1.88 bits per heavy atom. The molecular formula is C21H22N2O3. The van der Waals surface area contributed by atoms with Gasteiger partial charge < -0.3 is 14.2 Å². The number of nitrogens with one attached hydrogen (secondary N) is 1. The fourth-order valence-corrected chi connectivity index (χ4v) is 4.46. The van der Waals surface area contributed by atoms with Crippen LogP contribution in [0.15, 0.2) is 51.3 Å². The maximum absolute atomic E-state index is 12.7. The van der Waals surface area contributed by atoms with Gasteiger partial charge in [-0.2, -0.15) is 0 Å². The maximum atomic E-state index is 12.7. The third-order valence-electron chi connectivity index (χ3n) is 5.97. The first-order chi connectivity index (χ1) is 12.7. The first kappa shape index (κ1) is 15.7. The highest BCUT2D eigenvalue weighted by molar-refractivity contribution is 5.92. The van der Waals surface area contributed by atoms with E-state index in [-0.39, 0.29) is 11.9 Å². The predicted molar refractivity (Wildman–Crippen MR) is 98.9 cm³/mol. The molecule has 2 atom stereocenters. The molecule has 3 saturated heterocycles. The summed E-state index contributed by atoms with van der Waals surface area (Å²) in [4.78, 5) is 15.2. The Morgan fingerprint density at radius 3 is 2.65 bits per heavy atom. The Labute approximate surface area is 152 Å². The summed E-state index contributed by atoms with van der Waals surface area (Å²) in [6.07, 6.45) is 2.33. The minimum absolute atomic E-state index is 0.141. The number of benzene rings is 1. The Morgan fingerprint density at radius 1 is 1.08 bits per heavy atom. The smallest absolute Gasteiger partial charge is 0.287 e. The Hall–Kier alpha value is -2.53. The van der Waals surface area contributed by atoms with E-state index in [0.29, 0.717) is 29.2 Å². The molecule has 1 amide bonds. The molecule has 5 nitrogen and oxygen atoms in total. The fraction of sp³-hybridized carbons (Fsp3) is 0.381. The fourth-order valence-electron chi connectivity index (χ4n) is 4.46. The molecule has 2 aromatic heterocycles. The number of carbonyl (C=O) groups is 1. The van der Waals surface area contributed by atoms with Gasteiger partial charge in [-0.25, -0.2) is 0 Å². The molecular weight excluding hydrogens is 328 g/mol. The standard InChI is InChI=1S/C21H22N2O3/c1-13-20(14-8-10-23(13)11-9-14)22-21(24)18-7-6-17(26-18)19-12-15-4-2-3-5-16(15)25-19/h2-7,12-14,20H,8-11H2,1H3,(H,22,24). The van der Waals surface area contributed by atoms with Gasteiger partial charge in [0, 0.05) is 17.5 Å². The van der Waals surface area contributed by atoms with E-state index >= 15 is 0 Å². The van der Waals surface area contributed by atoms with Crippen molar-refractivity contribution in [2.75, 3.05) is 13.1 Å². The molecule has 3 aromatic rings. The molecule has 1 aromatic carbocycles. The molecule has 5 heteroatoms. The van der Waals surface area contributed by atoms with E-state index in [1.165, 1.54) is 0 Å². The van der Waals surface area contributed by atoms with Crippen molar-refractivity contribution in [1.82, 2.24) is 10.2 Å². The van der Waals surface area contributed by atoms with Crippen molar-refractivity contribution in [1.29, 1.82) is 0 Å². The number of furan rings is 2. The molecule has 3 aliphatic rings. The molecule has 0 saturated carbocycles. The molecule has 3 aliphatic heterocycles. The highest BCUT2D eigenvalue weighted by Gasteiger charge is 2.40. The van der Waals surface area contributed by atoms with Crippen molar-refractivity contribution in [3.8, 4) is 11.5 Å². The van der Waals surface area contributed by atoms with E-state index in [1.54, 1.807) is 12.1 Å². The highest BCUT2D eigenvalue weighted by atomic mass is 16.4. The van der Waals surface area contributed by atoms with Crippen LogP contribution >= 0.6 is 0 Å². The SMILES string of the molecule is CC1C(NC(=O)c2ccc(-c3cc4ccccc4o3)o2)C2CCN1CC2. The van der Waals surface area contributed by atoms with E-state index in [0.717, 1.165) is 36.9 Å². The van der Waals surface area contributed by atoms with Crippen molar-refractivity contribution < 1.29 is 13.6 Å². The first-order valence-corrected chi connectivity index (χ1v) is 9.33. The third-order valence-corrected chi connectivity index (χ3v) is 5.97. The first-order valence-electron chi connectivity index (χ1n) is 9.33. The second kappa shape index (κ2) is 6.02. The van der Waals surface area contributed by atoms with Crippen LogP contribution in [0.4, 0.5) is 0 Å². The normalized spacial score (nSPS) is 27.7. The third kappa shape index (κ3) is 2.54. The summed E-state index contributed by atoms with van der Waals surface area (Å²) >= 11 is 0. The zero-order valence-corrected chi connectivity index (χ0v) is 14.8. The lowest BCUT2D eigenvalue weighted by atomic mass is 9.79. The molecule has 2 bridgehead atoms. The lowest BCUT2D eigenvalue weighted by molar-refractivity contribution is 0.0211. The number of para-hydroxylation sites is 1. The van der Waals surface area contributed by atoms with Crippen LogP contribution in [-0.2, 0) is 0 Å². The Balaban J connectivity index is 1.35. The minimum Gasteiger partial charge on any atom is -0.453 e. The zero-order valence-electron chi connectivity index (χ0n) is 14.8. The van der Waals surface area contributed by atoms with Crippen LogP contribution < -0.4 is 5.32 Å². The van der Waals surface area contributed by atoms with Gasteiger partial charge in [-0.15, -0.1) is 0 Å². The molecule has 26 heavy (non-hydrogen) atoms. The lowest BCUT2D eigenvalue weighted by Gasteiger charge is -2.49. The number of amides is 1. The molecule has 0 spiro atoms. The van der Waals surface area contributed by atoms with Crippen molar-refractivity contribution in [2.24, 2.45) is 5.92 Å². The molecule has 6 rings (SSSR count). The van der Waals surface area contributed by atoms with E-state index in [4.69, 9.17) is 8.83 Å². The van der Waals surface area contributed by atoms with Gasteiger partial charge in [0.15, 0.2) is 17.3 Å². The molecule has 5 heterocycles. The summed E-state index contributed by atoms with van der Waals surface area (Å²) in [6, 6.07) is 13.9. The number of rotatable bonds is 3. The van der Waals surface area contributed by atoms with Crippen molar-refractivity contribution >= 4 is 16.9 Å². The van der Waals surface area contributed by atoms with Gasteiger partial charge in [-0.1, -0.05) is 18.2 Å². The van der Waals surface area contributed by atoms with E-state index in [9.17, 15) is 4.79 Å². The molecule has 1 N–H and O–H groups in total. The monoisotopic (exact) mass is 350 g/mol. The van der Waals surface area contributed by atoms with Gasteiger partial charge in [0.25, 0.3) is 5.91 Å². The number of hydrogen-bond donors (Lipinski definition) is 1. The molecule has 3 fully saturated rings. The summed E-state index contributed by atoms with van der Waals surface area (Å²) in [5.74, 6) is 1.99. The van der Waals surface area contributed by atoms with Crippen LogP contribution in [0.25, 0.3) is 22.5 Å². The van der Waals surface area contributed by atoms with Crippen LogP contribution in [-0.4, -0.2) is 36.0 Å². The van der Waals surface area contributed by atoms with Crippen LogP contribution in [0.1, 0.15) is 30.3 Å². The topological polar surface area (TPSA) is 58.6 Å². The summed E-state index contributed by atoms with van der Waals surface area (Å²) in [5, 5.41) is 4.22. The van der Waals surface area contributed by atoms with Gasteiger partial charge in [0.1, 0.15) is 5.58 Å². The van der Waals surface area contributed by atoms with Crippen LogP contribution in [0.3, 0.4) is 0 Å². The van der Waals surface area contributed by atoms with E-state index in [2.05, 4.69) is 17.1 Å². The minimum atomic E-state index is -0.141. The second-order valence-corrected chi connectivity index (χ2v) is 7.43. The van der Waals surface area contributed by atoms with Gasteiger partial charge in [0.2, 0.25) is 0 Å². The number of fused-ring (bicyclic) bond motifs is 4. The molecule has 2 unspecified atom stereocenters. The maximum Gasteiger partial charge on any atom is 0.287 e. The van der Waals surface area contributed by atoms with Gasteiger partial charge in [-0.3, -0.25) is 9.69 Å². The summed E-state index contributed by atoms with van der Waals surface area (Å²) in [7, 11) is 0. The average molecular weight is 350 g/mol. The quantitative estimate of drug-likeness (QED) is 0.778. The zero-order chi connectivity index (χ0) is 17.7. The van der Waals surface area contributed by atoms with Crippen molar-refractivity contribution in [3.05, 3.63) is 48.2 Å². The Bertz CT molecular complexity index is 914. The molecule has 0 aliphatic carbocycles. The number of nitrogens with zero attached hydrogens (tertiary/aromatic N) is 1. The lowest BCUT2D eigenvalue weighted by Crippen LogP contribution is -2.62. The number of piperidine rings is 3. The van der Waals surface area contributed by atoms with Gasteiger partial charge in [-0.05, 0) is 63.0 Å².